The van der Waals surface area contributed by atoms with Gasteiger partial charge in [-0.05, 0) is 19.1 Å². The van der Waals surface area contributed by atoms with Gasteiger partial charge in [-0.1, -0.05) is 11.3 Å². The van der Waals surface area contributed by atoms with Crippen molar-refractivity contribution in [1.29, 1.82) is 0 Å². The maximum Gasteiger partial charge on any atom is 0.348 e. The molecule has 0 saturated carbocycles. The Balaban J connectivity index is 2.67. The SMILES string of the molecule is CCOC(=O)c1ccc(O[PH](C)=O)s1. The van der Waals surface area contributed by atoms with Gasteiger partial charge in [0.15, 0.2) is 5.06 Å². The molecular weight excluding hydrogens is 223 g/mol. The van der Waals surface area contributed by atoms with Gasteiger partial charge in [0.05, 0.1) is 6.61 Å². The largest absolute Gasteiger partial charge is 0.462 e. The average Bonchev–Trinajstić information content (AvgIpc) is 2.52. The molecule has 1 unspecified atom stereocenters. The van der Waals surface area contributed by atoms with Crippen LogP contribution in [0.5, 0.6) is 5.06 Å². The van der Waals surface area contributed by atoms with Gasteiger partial charge in [-0.25, -0.2) is 4.79 Å². The quantitative estimate of drug-likeness (QED) is 0.593. The second kappa shape index (κ2) is 5.17. The molecule has 0 spiro atoms. The van der Waals surface area contributed by atoms with E-state index >= 15 is 0 Å². The first kappa shape index (κ1) is 11.3. The van der Waals surface area contributed by atoms with E-state index in [9.17, 15) is 9.36 Å². The minimum absolute atomic E-state index is 0.345. The lowest BCUT2D eigenvalue weighted by Gasteiger charge is -1.97. The van der Waals surface area contributed by atoms with Crippen LogP contribution >= 0.6 is 19.4 Å². The van der Waals surface area contributed by atoms with E-state index in [-0.39, 0.29) is 5.97 Å². The van der Waals surface area contributed by atoms with Crippen LogP contribution in [0.3, 0.4) is 0 Å². The van der Waals surface area contributed by atoms with Crippen molar-refractivity contribution in [1.82, 2.24) is 0 Å². The van der Waals surface area contributed by atoms with E-state index in [1.165, 1.54) is 6.66 Å². The predicted molar refractivity (Wildman–Crippen MR) is 55.8 cm³/mol. The van der Waals surface area contributed by atoms with Crippen molar-refractivity contribution < 1.29 is 18.6 Å². The lowest BCUT2D eigenvalue weighted by molar-refractivity contribution is 0.0532. The van der Waals surface area contributed by atoms with E-state index in [2.05, 4.69) is 0 Å². The van der Waals surface area contributed by atoms with Gasteiger partial charge in [-0.3, -0.25) is 4.57 Å². The molecule has 0 saturated heterocycles. The summed E-state index contributed by atoms with van der Waals surface area (Å²) in [5, 5.41) is 0.486. The van der Waals surface area contributed by atoms with E-state index in [4.69, 9.17) is 9.26 Å². The van der Waals surface area contributed by atoms with Crippen LogP contribution in [0, 0.1) is 0 Å². The first-order valence-electron chi connectivity index (χ1n) is 4.09. The maximum atomic E-state index is 11.2. The van der Waals surface area contributed by atoms with Crippen LogP contribution in [0.15, 0.2) is 12.1 Å². The first-order valence-corrected chi connectivity index (χ1v) is 6.72. The summed E-state index contributed by atoms with van der Waals surface area (Å²) in [6.45, 7) is 3.58. The number of carbonyl (C=O) groups is 1. The summed E-state index contributed by atoms with van der Waals surface area (Å²) >= 11 is 1.14. The summed E-state index contributed by atoms with van der Waals surface area (Å²) in [6, 6.07) is 3.21. The second-order valence-corrected chi connectivity index (χ2v) is 4.67. The van der Waals surface area contributed by atoms with Crippen molar-refractivity contribution in [2.75, 3.05) is 13.3 Å². The van der Waals surface area contributed by atoms with Crippen molar-refractivity contribution in [3.8, 4) is 5.06 Å². The smallest absolute Gasteiger partial charge is 0.348 e. The Hall–Kier alpha value is -0.800. The number of thiophene rings is 1. The zero-order valence-electron chi connectivity index (χ0n) is 7.90. The molecule has 6 heteroatoms. The van der Waals surface area contributed by atoms with Gasteiger partial charge in [-0.15, -0.1) is 0 Å². The number of hydrogen-bond donors (Lipinski definition) is 0. The molecule has 0 bridgehead atoms. The summed E-state index contributed by atoms with van der Waals surface area (Å²) in [7, 11) is -2.00. The number of carbonyl (C=O) groups excluding carboxylic acids is 1. The van der Waals surface area contributed by atoms with E-state index in [1.807, 2.05) is 0 Å². The van der Waals surface area contributed by atoms with E-state index in [0.717, 1.165) is 11.3 Å². The van der Waals surface area contributed by atoms with Gasteiger partial charge in [0.1, 0.15) is 4.88 Å². The van der Waals surface area contributed by atoms with Gasteiger partial charge in [0.2, 0.25) is 8.03 Å². The minimum Gasteiger partial charge on any atom is -0.462 e. The molecule has 0 aliphatic heterocycles. The third kappa shape index (κ3) is 3.16. The van der Waals surface area contributed by atoms with Crippen LogP contribution in [-0.4, -0.2) is 19.2 Å². The molecule has 0 radical (unpaired) electrons. The average molecular weight is 234 g/mol. The number of hydrogen-bond acceptors (Lipinski definition) is 5. The zero-order chi connectivity index (χ0) is 10.6. The summed E-state index contributed by atoms with van der Waals surface area (Å²) in [6.07, 6.45) is 0. The summed E-state index contributed by atoms with van der Waals surface area (Å²) in [5.74, 6) is -0.372. The van der Waals surface area contributed by atoms with Crippen LogP contribution in [0.25, 0.3) is 0 Å². The lowest BCUT2D eigenvalue weighted by atomic mass is 10.5. The second-order valence-electron chi connectivity index (χ2n) is 2.43. The minimum atomic E-state index is -2.00. The molecule has 0 aliphatic rings. The zero-order valence-corrected chi connectivity index (χ0v) is 9.72. The Morgan fingerprint density at radius 3 is 2.86 bits per heavy atom. The van der Waals surface area contributed by atoms with Gasteiger partial charge in [0.25, 0.3) is 0 Å². The van der Waals surface area contributed by atoms with Crippen LogP contribution < -0.4 is 4.52 Å². The fraction of sp³-hybridized carbons (Fsp3) is 0.375. The molecule has 78 valence electrons. The van der Waals surface area contributed by atoms with Crippen molar-refractivity contribution in [3.05, 3.63) is 17.0 Å². The van der Waals surface area contributed by atoms with Crippen molar-refractivity contribution >= 4 is 25.3 Å². The molecule has 0 aliphatic carbocycles. The van der Waals surface area contributed by atoms with Crippen LogP contribution in [0.4, 0.5) is 0 Å². The molecule has 0 aromatic carbocycles. The Bertz CT molecular complexity index is 347. The lowest BCUT2D eigenvalue weighted by Crippen LogP contribution is -2.01. The summed E-state index contributed by atoms with van der Waals surface area (Å²) < 4.78 is 20.5. The molecular formula is C8H11O4PS. The Labute approximate surface area is 86.7 Å². The van der Waals surface area contributed by atoms with Crippen LogP contribution in [0.1, 0.15) is 16.6 Å². The van der Waals surface area contributed by atoms with Gasteiger partial charge in [0, 0.05) is 6.66 Å². The molecule has 1 aromatic rings. The molecule has 1 heterocycles. The molecule has 0 N–H and O–H groups in total. The third-order valence-electron chi connectivity index (χ3n) is 1.30. The number of esters is 1. The van der Waals surface area contributed by atoms with Crippen LogP contribution in [0.2, 0.25) is 0 Å². The standard InChI is InChI=1S/C8H11O4PS/c1-3-11-8(9)6-4-5-7(14-6)12-13(2)10/h4-5,13H,3H2,1-2H3. The van der Waals surface area contributed by atoms with Gasteiger partial charge >= 0.3 is 5.97 Å². The summed E-state index contributed by atoms with van der Waals surface area (Å²) in [5.41, 5.74) is 0. The molecule has 1 rings (SSSR count). The Kier molecular flexibility index (Phi) is 4.17. The maximum absolute atomic E-state index is 11.2. The highest BCUT2D eigenvalue weighted by molar-refractivity contribution is 7.39. The van der Waals surface area contributed by atoms with E-state index in [0.29, 0.717) is 16.5 Å². The topological polar surface area (TPSA) is 52.6 Å². The fourth-order valence-electron chi connectivity index (χ4n) is 0.829. The molecule has 4 nitrogen and oxygen atoms in total. The first-order chi connectivity index (χ1) is 6.63. The van der Waals surface area contributed by atoms with Crippen molar-refractivity contribution in [2.45, 2.75) is 6.92 Å². The fourth-order valence-corrected chi connectivity index (χ4v) is 2.33. The molecule has 1 atom stereocenters. The molecule has 0 amide bonds. The molecule has 1 aromatic heterocycles. The molecule has 14 heavy (non-hydrogen) atoms. The summed E-state index contributed by atoms with van der Waals surface area (Å²) in [4.78, 5) is 11.7. The highest BCUT2D eigenvalue weighted by Gasteiger charge is 2.10. The predicted octanol–water partition coefficient (Wildman–Crippen LogP) is 2.41. The third-order valence-corrected chi connectivity index (χ3v) is 2.90. The number of rotatable bonds is 4. The number of ether oxygens (including phenoxy) is 1. The normalized spacial score (nSPS) is 12.1. The monoisotopic (exact) mass is 234 g/mol. The Morgan fingerprint density at radius 1 is 1.57 bits per heavy atom. The highest BCUT2D eigenvalue weighted by atomic mass is 32.1. The van der Waals surface area contributed by atoms with Crippen molar-refractivity contribution in [3.63, 3.8) is 0 Å². The highest BCUT2D eigenvalue weighted by Crippen LogP contribution is 2.31. The van der Waals surface area contributed by atoms with Crippen LogP contribution in [-0.2, 0) is 9.30 Å². The van der Waals surface area contributed by atoms with Crippen molar-refractivity contribution in [2.24, 2.45) is 0 Å². The van der Waals surface area contributed by atoms with E-state index in [1.54, 1.807) is 19.1 Å². The van der Waals surface area contributed by atoms with E-state index < -0.39 is 8.03 Å². The Morgan fingerprint density at radius 2 is 2.29 bits per heavy atom. The molecule has 0 fully saturated rings. The van der Waals surface area contributed by atoms with Gasteiger partial charge in [-0.2, -0.15) is 0 Å². The van der Waals surface area contributed by atoms with Gasteiger partial charge < -0.3 is 9.26 Å².